The van der Waals surface area contributed by atoms with Gasteiger partial charge in [0, 0.05) is 31.9 Å². The third kappa shape index (κ3) is 2.96. The molecule has 0 spiro atoms. The van der Waals surface area contributed by atoms with Crippen LogP contribution in [0.4, 0.5) is 10.1 Å². The van der Waals surface area contributed by atoms with Gasteiger partial charge in [-0.25, -0.2) is 4.39 Å². The smallest absolute Gasteiger partial charge is 0.123 e. The molecule has 1 unspecified atom stereocenters. The Bertz CT molecular complexity index is 344. The molecule has 1 atom stereocenters. The molecular weight excluding hydrogens is 217 g/mol. The first-order valence-corrected chi connectivity index (χ1v) is 6.21. The molecule has 4 heteroatoms. The van der Waals surface area contributed by atoms with E-state index >= 15 is 0 Å². The Hall–Kier alpha value is -1.13. The summed E-state index contributed by atoms with van der Waals surface area (Å²) < 4.78 is 12.8. The maximum atomic E-state index is 12.8. The minimum atomic E-state index is -0.180. The molecule has 2 N–H and O–H groups in total. The highest BCUT2D eigenvalue weighted by molar-refractivity contribution is 5.46. The number of halogens is 1. The second kappa shape index (κ2) is 5.47. The minimum absolute atomic E-state index is 0.172. The number of nitrogens with zero attached hydrogens (tertiary/aromatic N) is 2. The van der Waals surface area contributed by atoms with Gasteiger partial charge in [0.25, 0.3) is 0 Å². The topological polar surface area (TPSA) is 32.5 Å². The fourth-order valence-electron chi connectivity index (χ4n) is 2.22. The van der Waals surface area contributed by atoms with Crippen LogP contribution >= 0.6 is 0 Å². The number of benzene rings is 1. The Morgan fingerprint density at radius 3 is 2.29 bits per heavy atom. The molecule has 2 rings (SSSR count). The molecular formula is C13H20FN3. The highest BCUT2D eigenvalue weighted by Gasteiger charge is 2.20. The van der Waals surface area contributed by atoms with Crippen LogP contribution in [0.25, 0.3) is 0 Å². The van der Waals surface area contributed by atoms with Crippen molar-refractivity contribution in [2.45, 2.75) is 19.5 Å². The Morgan fingerprint density at radius 1 is 1.18 bits per heavy atom. The second-order valence-corrected chi connectivity index (χ2v) is 4.48. The molecule has 1 fully saturated rings. The zero-order chi connectivity index (χ0) is 12.3. The largest absolute Gasteiger partial charge is 0.369 e. The Balaban J connectivity index is 1.93. The van der Waals surface area contributed by atoms with E-state index in [4.69, 9.17) is 5.73 Å². The van der Waals surface area contributed by atoms with Crippen LogP contribution < -0.4 is 10.6 Å². The van der Waals surface area contributed by atoms with E-state index in [1.165, 1.54) is 12.1 Å². The van der Waals surface area contributed by atoms with Gasteiger partial charge in [-0.3, -0.25) is 4.90 Å². The van der Waals surface area contributed by atoms with Crippen molar-refractivity contribution in [2.75, 3.05) is 31.1 Å². The Kier molecular flexibility index (Phi) is 3.97. The fraction of sp³-hybridized carbons (Fsp3) is 0.538. The van der Waals surface area contributed by atoms with Gasteiger partial charge in [0.2, 0.25) is 0 Å². The number of hydrogen-bond acceptors (Lipinski definition) is 3. The van der Waals surface area contributed by atoms with E-state index in [0.29, 0.717) is 0 Å². The monoisotopic (exact) mass is 237 g/mol. The van der Waals surface area contributed by atoms with Gasteiger partial charge in [-0.1, -0.05) is 6.92 Å². The van der Waals surface area contributed by atoms with Crippen molar-refractivity contribution in [1.29, 1.82) is 0 Å². The van der Waals surface area contributed by atoms with Gasteiger partial charge >= 0.3 is 0 Å². The van der Waals surface area contributed by atoms with Crippen molar-refractivity contribution in [3.8, 4) is 0 Å². The van der Waals surface area contributed by atoms with Gasteiger partial charge in [-0.15, -0.1) is 0 Å². The van der Waals surface area contributed by atoms with Crippen molar-refractivity contribution >= 4 is 5.69 Å². The molecule has 0 bridgehead atoms. The Morgan fingerprint density at radius 2 is 1.76 bits per heavy atom. The van der Waals surface area contributed by atoms with Crippen molar-refractivity contribution < 1.29 is 4.39 Å². The average Bonchev–Trinajstić information content (AvgIpc) is 2.39. The predicted molar refractivity (Wildman–Crippen MR) is 68.5 cm³/mol. The lowest BCUT2D eigenvalue weighted by molar-refractivity contribution is 0.184. The van der Waals surface area contributed by atoms with Crippen molar-refractivity contribution in [3.05, 3.63) is 30.1 Å². The number of anilines is 1. The number of hydrogen-bond donors (Lipinski definition) is 1. The highest BCUT2D eigenvalue weighted by Crippen LogP contribution is 2.17. The molecule has 0 aromatic heterocycles. The normalized spacial score (nSPS) is 19.4. The Labute approximate surface area is 102 Å². The van der Waals surface area contributed by atoms with Crippen LogP contribution in [0.1, 0.15) is 13.3 Å². The summed E-state index contributed by atoms with van der Waals surface area (Å²) in [6.07, 6.45) is 1.15. The third-order valence-corrected chi connectivity index (χ3v) is 3.39. The molecule has 1 aromatic carbocycles. The molecule has 0 radical (unpaired) electrons. The van der Waals surface area contributed by atoms with Crippen molar-refractivity contribution in [3.63, 3.8) is 0 Å². The molecule has 94 valence electrons. The van der Waals surface area contributed by atoms with E-state index in [-0.39, 0.29) is 12.0 Å². The van der Waals surface area contributed by atoms with E-state index in [2.05, 4.69) is 16.7 Å². The lowest BCUT2D eigenvalue weighted by Crippen LogP contribution is -2.53. The fourth-order valence-corrected chi connectivity index (χ4v) is 2.22. The van der Waals surface area contributed by atoms with E-state index in [0.717, 1.165) is 38.3 Å². The summed E-state index contributed by atoms with van der Waals surface area (Å²) in [5, 5.41) is 0. The van der Waals surface area contributed by atoms with E-state index < -0.39 is 0 Å². The van der Waals surface area contributed by atoms with Crippen LogP contribution in [0, 0.1) is 5.82 Å². The summed E-state index contributed by atoms with van der Waals surface area (Å²) in [5.41, 5.74) is 7.10. The van der Waals surface area contributed by atoms with Gasteiger partial charge in [0.05, 0.1) is 6.17 Å². The van der Waals surface area contributed by atoms with Gasteiger partial charge < -0.3 is 10.6 Å². The van der Waals surface area contributed by atoms with Gasteiger partial charge in [-0.2, -0.15) is 0 Å². The van der Waals surface area contributed by atoms with Crippen LogP contribution in [0.5, 0.6) is 0 Å². The predicted octanol–water partition coefficient (Wildman–Crippen LogP) is 1.64. The van der Waals surface area contributed by atoms with E-state index in [1.54, 1.807) is 0 Å². The SMILES string of the molecule is CCC(N)N1CCN(c2ccc(F)cc2)CC1. The molecule has 1 aliphatic rings. The van der Waals surface area contributed by atoms with Crippen LogP contribution in [0.2, 0.25) is 0 Å². The number of rotatable bonds is 3. The molecule has 0 saturated carbocycles. The van der Waals surface area contributed by atoms with Crippen molar-refractivity contribution in [2.24, 2.45) is 5.73 Å². The molecule has 3 nitrogen and oxygen atoms in total. The maximum Gasteiger partial charge on any atom is 0.123 e. The zero-order valence-corrected chi connectivity index (χ0v) is 10.3. The number of nitrogens with two attached hydrogens (primary N) is 1. The maximum absolute atomic E-state index is 12.8. The molecule has 1 heterocycles. The lowest BCUT2D eigenvalue weighted by Gasteiger charge is -2.38. The van der Waals surface area contributed by atoms with Crippen LogP contribution in [-0.4, -0.2) is 37.2 Å². The first-order valence-electron chi connectivity index (χ1n) is 6.21. The summed E-state index contributed by atoms with van der Waals surface area (Å²) in [7, 11) is 0. The molecule has 1 saturated heterocycles. The first kappa shape index (κ1) is 12.3. The molecule has 1 aliphatic heterocycles. The quantitative estimate of drug-likeness (QED) is 0.867. The zero-order valence-electron chi connectivity index (χ0n) is 10.3. The first-order chi connectivity index (χ1) is 8.20. The average molecular weight is 237 g/mol. The van der Waals surface area contributed by atoms with Gasteiger partial charge in [0.15, 0.2) is 0 Å². The van der Waals surface area contributed by atoms with Crippen LogP contribution in [0.15, 0.2) is 24.3 Å². The summed E-state index contributed by atoms with van der Waals surface area (Å²) in [5.74, 6) is -0.180. The number of piperazine rings is 1. The summed E-state index contributed by atoms with van der Waals surface area (Å²) in [6, 6.07) is 6.70. The van der Waals surface area contributed by atoms with E-state index in [9.17, 15) is 4.39 Å². The third-order valence-electron chi connectivity index (χ3n) is 3.39. The van der Waals surface area contributed by atoms with Crippen LogP contribution in [-0.2, 0) is 0 Å². The second-order valence-electron chi connectivity index (χ2n) is 4.48. The standard InChI is InChI=1S/C13H20FN3/c1-2-13(15)17-9-7-16(8-10-17)12-5-3-11(14)4-6-12/h3-6,13H,2,7-10,15H2,1H3. The van der Waals surface area contributed by atoms with Crippen molar-refractivity contribution in [1.82, 2.24) is 4.90 Å². The summed E-state index contributed by atoms with van der Waals surface area (Å²) >= 11 is 0. The minimum Gasteiger partial charge on any atom is -0.369 e. The summed E-state index contributed by atoms with van der Waals surface area (Å²) in [4.78, 5) is 4.58. The van der Waals surface area contributed by atoms with Gasteiger partial charge in [0.1, 0.15) is 5.82 Å². The van der Waals surface area contributed by atoms with Crippen LogP contribution in [0.3, 0.4) is 0 Å². The van der Waals surface area contributed by atoms with Gasteiger partial charge in [-0.05, 0) is 30.7 Å². The highest BCUT2D eigenvalue weighted by atomic mass is 19.1. The van der Waals surface area contributed by atoms with E-state index in [1.807, 2.05) is 12.1 Å². The molecule has 17 heavy (non-hydrogen) atoms. The molecule has 0 aliphatic carbocycles. The molecule has 0 amide bonds. The lowest BCUT2D eigenvalue weighted by atomic mass is 10.2. The molecule has 1 aromatic rings. The summed E-state index contributed by atoms with van der Waals surface area (Å²) in [6.45, 7) is 5.98.